The van der Waals surface area contributed by atoms with Crippen molar-refractivity contribution in [3.05, 3.63) is 39.8 Å². The quantitative estimate of drug-likeness (QED) is 0.924. The number of carbonyl (C=O) groups excluding carboxylic acids is 2. The summed E-state index contributed by atoms with van der Waals surface area (Å²) in [5.74, 6) is 0.00678. The Bertz CT molecular complexity index is 737. The molecule has 2 amide bonds. The van der Waals surface area contributed by atoms with Gasteiger partial charge in [-0.2, -0.15) is 5.10 Å². The average molecular weight is 346 g/mol. The van der Waals surface area contributed by atoms with E-state index in [1.165, 1.54) is 18.3 Å². The lowest BCUT2D eigenvalue weighted by atomic mass is 10.1. The van der Waals surface area contributed by atoms with Gasteiger partial charge in [0.1, 0.15) is 0 Å². The molecule has 0 unspecified atom stereocenters. The maximum Gasteiger partial charge on any atom is 0.264 e. The fourth-order valence-corrected chi connectivity index (χ4v) is 3.86. The van der Waals surface area contributed by atoms with Crippen molar-refractivity contribution in [2.75, 3.05) is 13.1 Å². The maximum absolute atomic E-state index is 12.8. The summed E-state index contributed by atoms with van der Waals surface area (Å²) >= 11 is 1.45. The molecule has 6 nitrogen and oxygen atoms in total. The van der Waals surface area contributed by atoms with E-state index in [0.29, 0.717) is 13.1 Å². The highest BCUT2D eigenvalue weighted by Gasteiger charge is 2.26. The Balaban J connectivity index is 1.65. The van der Waals surface area contributed by atoms with Crippen LogP contribution in [0.2, 0.25) is 0 Å². The number of rotatable bonds is 4. The molecular weight excluding hydrogens is 324 g/mol. The van der Waals surface area contributed by atoms with Crippen molar-refractivity contribution in [2.45, 2.75) is 39.3 Å². The van der Waals surface area contributed by atoms with Crippen LogP contribution in [-0.4, -0.2) is 39.6 Å². The van der Waals surface area contributed by atoms with E-state index in [-0.39, 0.29) is 17.9 Å². The molecule has 2 aromatic heterocycles. The molecule has 0 radical (unpaired) electrons. The van der Waals surface area contributed by atoms with Gasteiger partial charge in [-0.25, -0.2) is 0 Å². The van der Waals surface area contributed by atoms with Crippen LogP contribution in [0.25, 0.3) is 0 Å². The molecule has 0 aliphatic carbocycles. The molecule has 128 valence electrons. The van der Waals surface area contributed by atoms with Crippen molar-refractivity contribution in [3.8, 4) is 0 Å². The first-order chi connectivity index (χ1) is 11.5. The zero-order chi connectivity index (χ0) is 17.1. The summed E-state index contributed by atoms with van der Waals surface area (Å²) in [6.45, 7) is 5.47. The summed E-state index contributed by atoms with van der Waals surface area (Å²) in [5, 5.41) is 7.15. The third kappa shape index (κ3) is 3.84. The van der Waals surface area contributed by atoms with Gasteiger partial charge in [-0.3, -0.25) is 14.3 Å². The highest BCUT2D eigenvalue weighted by molar-refractivity contribution is 7.14. The zero-order valence-electron chi connectivity index (χ0n) is 14.0. The zero-order valence-corrected chi connectivity index (χ0v) is 14.8. The van der Waals surface area contributed by atoms with E-state index < -0.39 is 0 Å². The molecule has 0 aromatic carbocycles. The molecule has 1 aliphatic heterocycles. The number of carbonyl (C=O) groups is 2. The van der Waals surface area contributed by atoms with Gasteiger partial charge in [-0.05, 0) is 37.5 Å². The Morgan fingerprint density at radius 3 is 2.96 bits per heavy atom. The van der Waals surface area contributed by atoms with Gasteiger partial charge in [0.25, 0.3) is 5.91 Å². The molecule has 0 saturated carbocycles. The van der Waals surface area contributed by atoms with Gasteiger partial charge >= 0.3 is 0 Å². The number of thiophene rings is 1. The highest BCUT2D eigenvalue weighted by Crippen LogP contribution is 2.25. The fraction of sp³-hybridized carbons (Fsp3) is 0.471. The van der Waals surface area contributed by atoms with E-state index in [1.807, 2.05) is 41.0 Å². The standard InChI is InChI=1S/C17H22N4O2S/c1-12-8-19-21(10-12)14-4-3-7-20(11-14)17(23)16-6-5-15(24-16)9-18-13(2)22/h5-6,8,10,14H,3-4,7,9,11H2,1-2H3,(H,18,22)/t14-/m1/s1. The van der Waals surface area contributed by atoms with E-state index >= 15 is 0 Å². The van der Waals surface area contributed by atoms with Gasteiger partial charge in [0.15, 0.2) is 0 Å². The first-order valence-corrected chi connectivity index (χ1v) is 8.98. The van der Waals surface area contributed by atoms with E-state index in [4.69, 9.17) is 0 Å². The van der Waals surface area contributed by atoms with Gasteiger partial charge in [-0.15, -0.1) is 11.3 Å². The Morgan fingerprint density at radius 1 is 1.42 bits per heavy atom. The molecule has 24 heavy (non-hydrogen) atoms. The maximum atomic E-state index is 12.8. The normalized spacial score (nSPS) is 17.8. The monoisotopic (exact) mass is 346 g/mol. The van der Waals surface area contributed by atoms with Crippen molar-refractivity contribution >= 4 is 23.2 Å². The van der Waals surface area contributed by atoms with Crippen molar-refractivity contribution < 1.29 is 9.59 Å². The lowest BCUT2D eigenvalue weighted by Gasteiger charge is -2.32. The van der Waals surface area contributed by atoms with Crippen LogP contribution in [0.3, 0.4) is 0 Å². The van der Waals surface area contributed by atoms with Crippen LogP contribution in [0.4, 0.5) is 0 Å². The minimum Gasteiger partial charge on any atom is -0.351 e. The third-order valence-electron chi connectivity index (χ3n) is 4.17. The van der Waals surface area contributed by atoms with Crippen LogP contribution < -0.4 is 5.32 Å². The van der Waals surface area contributed by atoms with E-state index in [1.54, 1.807) is 0 Å². The third-order valence-corrected chi connectivity index (χ3v) is 5.25. The summed E-state index contributed by atoms with van der Waals surface area (Å²) in [7, 11) is 0. The van der Waals surface area contributed by atoms with Crippen LogP contribution in [0.1, 0.15) is 45.9 Å². The Hall–Kier alpha value is -2.15. The molecule has 7 heteroatoms. The SMILES string of the molecule is CC(=O)NCc1ccc(C(=O)N2CCC[C@@H](n3cc(C)cn3)C2)s1. The van der Waals surface area contributed by atoms with Crippen LogP contribution >= 0.6 is 11.3 Å². The summed E-state index contributed by atoms with van der Waals surface area (Å²) in [5.41, 5.74) is 1.14. The van der Waals surface area contributed by atoms with Crippen molar-refractivity contribution in [1.29, 1.82) is 0 Å². The number of aromatic nitrogens is 2. The number of aryl methyl sites for hydroxylation is 1. The van der Waals surface area contributed by atoms with Crippen LogP contribution in [0, 0.1) is 6.92 Å². The predicted octanol–water partition coefficient (Wildman–Crippen LogP) is 2.37. The second kappa shape index (κ2) is 7.17. The molecule has 1 aliphatic rings. The lowest BCUT2D eigenvalue weighted by Crippen LogP contribution is -2.40. The molecule has 1 saturated heterocycles. The van der Waals surface area contributed by atoms with E-state index in [0.717, 1.165) is 34.7 Å². The van der Waals surface area contributed by atoms with Gasteiger partial charge in [-0.1, -0.05) is 0 Å². The topological polar surface area (TPSA) is 67.2 Å². The van der Waals surface area contributed by atoms with Crippen LogP contribution in [-0.2, 0) is 11.3 Å². The number of amides is 2. The number of nitrogens with one attached hydrogen (secondary N) is 1. The van der Waals surface area contributed by atoms with E-state index in [2.05, 4.69) is 10.4 Å². The van der Waals surface area contributed by atoms with Crippen molar-refractivity contribution in [1.82, 2.24) is 20.0 Å². The first-order valence-electron chi connectivity index (χ1n) is 8.16. The van der Waals surface area contributed by atoms with Crippen LogP contribution in [0.5, 0.6) is 0 Å². The fourth-order valence-electron chi connectivity index (χ4n) is 2.94. The number of nitrogens with zero attached hydrogens (tertiary/aromatic N) is 3. The number of hydrogen-bond donors (Lipinski definition) is 1. The first kappa shape index (κ1) is 16.7. The number of likely N-dealkylation sites (tertiary alicyclic amines) is 1. The molecular formula is C17H22N4O2S. The predicted molar refractivity (Wildman–Crippen MR) is 93.0 cm³/mol. The minimum atomic E-state index is -0.0651. The second-order valence-electron chi connectivity index (χ2n) is 6.22. The molecule has 0 bridgehead atoms. The molecule has 3 rings (SSSR count). The molecule has 0 spiro atoms. The summed E-state index contributed by atoms with van der Waals surface area (Å²) < 4.78 is 1.98. The highest BCUT2D eigenvalue weighted by atomic mass is 32.1. The largest absolute Gasteiger partial charge is 0.351 e. The van der Waals surface area contributed by atoms with Gasteiger partial charge in [0.2, 0.25) is 5.91 Å². The van der Waals surface area contributed by atoms with E-state index in [9.17, 15) is 9.59 Å². The van der Waals surface area contributed by atoms with Crippen LogP contribution in [0.15, 0.2) is 24.5 Å². The lowest BCUT2D eigenvalue weighted by molar-refractivity contribution is -0.119. The number of hydrogen-bond acceptors (Lipinski definition) is 4. The Kier molecular flexibility index (Phi) is 4.99. The van der Waals surface area contributed by atoms with Gasteiger partial charge in [0.05, 0.1) is 23.7 Å². The smallest absolute Gasteiger partial charge is 0.264 e. The summed E-state index contributed by atoms with van der Waals surface area (Å²) in [6.07, 6.45) is 5.92. The average Bonchev–Trinajstić information content (AvgIpc) is 3.21. The molecule has 2 aromatic rings. The Morgan fingerprint density at radius 2 is 2.25 bits per heavy atom. The number of piperidine rings is 1. The molecule has 1 atom stereocenters. The van der Waals surface area contributed by atoms with Crippen molar-refractivity contribution in [3.63, 3.8) is 0 Å². The van der Waals surface area contributed by atoms with Crippen molar-refractivity contribution in [2.24, 2.45) is 0 Å². The molecule has 1 fully saturated rings. The van der Waals surface area contributed by atoms with Gasteiger partial charge in [0, 0.05) is 31.1 Å². The summed E-state index contributed by atoms with van der Waals surface area (Å²) in [4.78, 5) is 27.4. The second-order valence-corrected chi connectivity index (χ2v) is 7.39. The molecule has 3 heterocycles. The summed E-state index contributed by atoms with van der Waals surface area (Å²) in [6, 6.07) is 4.01. The molecule has 1 N–H and O–H groups in total. The minimum absolute atomic E-state index is 0.0651. The van der Waals surface area contributed by atoms with Gasteiger partial charge < -0.3 is 10.2 Å². The Labute approximate surface area is 145 Å².